The number of anilines is 2. The van der Waals surface area contributed by atoms with Crippen LogP contribution in [0.5, 0.6) is 0 Å². The average Bonchev–Trinajstić information content (AvgIpc) is 2.36. The van der Waals surface area contributed by atoms with Gasteiger partial charge in [-0.05, 0) is 36.4 Å². The molecule has 0 fully saturated rings. The Bertz CT molecular complexity index is 674. The minimum Gasteiger partial charge on any atom is -0.355 e. The van der Waals surface area contributed by atoms with Gasteiger partial charge in [-0.2, -0.15) is 26.3 Å². The molecular formula is C14H8F7N. The second kappa shape index (κ2) is 5.51. The topological polar surface area (TPSA) is 12.0 Å². The second-order valence-electron chi connectivity index (χ2n) is 4.39. The summed E-state index contributed by atoms with van der Waals surface area (Å²) >= 11 is 0. The molecule has 0 atom stereocenters. The number of hydrogen-bond acceptors (Lipinski definition) is 1. The van der Waals surface area contributed by atoms with Gasteiger partial charge in [-0.25, -0.2) is 4.39 Å². The van der Waals surface area contributed by atoms with Crippen molar-refractivity contribution in [3.05, 3.63) is 59.4 Å². The quantitative estimate of drug-likeness (QED) is 0.709. The molecule has 0 bridgehead atoms. The summed E-state index contributed by atoms with van der Waals surface area (Å²) in [4.78, 5) is 0. The van der Waals surface area contributed by atoms with Gasteiger partial charge in [-0.3, -0.25) is 0 Å². The second-order valence-corrected chi connectivity index (χ2v) is 4.39. The van der Waals surface area contributed by atoms with Gasteiger partial charge in [-0.1, -0.05) is 6.07 Å². The molecule has 1 N–H and O–H groups in total. The van der Waals surface area contributed by atoms with Gasteiger partial charge in [0.1, 0.15) is 5.82 Å². The van der Waals surface area contributed by atoms with Crippen molar-refractivity contribution in [2.45, 2.75) is 12.4 Å². The van der Waals surface area contributed by atoms with Gasteiger partial charge in [0.05, 0.1) is 16.8 Å². The van der Waals surface area contributed by atoms with E-state index in [0.29, 0.717) is 18.2 Å². The third-order valence-electron chi connectivity index (χ3n) is 2.76. The maximum absolute atomic E-state index is 13.0. The molecule has 2 aromatic carbocycles. The molecule has 2 aromatic rings. The maximum atomic E-state index is 13.0. The van der Waals surface area contributed by atoms with E-state index in [1.165, 1.54) is 12.1 Å². The Morgan fingerprint density at radius 1 is 0.773 bits per heavy atom. The molecule has 0 radical (unpaired) electrons. The number of alkyl halides is 6. The Hall–Kier alpha value is -2.25. The molecule has 2 rings (SSSR count). The first-order valence-electron chi connectivity index (χ1n) is 5.88. The van der Waals surface area contributed by atoms with Gasteiger partial charge in [0.25, 0.3) is 0 Å². The summed E-state index contributed by atoms with van der Waals surface area (Å²) in [5.41, 5.74) is -3.40. The molecule has 0 spiro atoms. The summed E-state index contributed by atoms with van der Waals surface area (Å²) in [5.74, 6) is -0.731. The van der Waals surface area contributed by atoms with E-state index in [4.69, 9.17) is 0 Å². The van der Waals surface area contributed by atoms with Gasteiger partial charge < -0.3 is 5.32 Å². The standard InChI is InChI=1S/C14H8F7N/c15-9-2-1-3-10(7-9)22-12-6-8(13(16,17)18)4-5-11(12)14(19,20)21/h1-7,22H. The zero-order valence-corrected chi connectivity index (χ0v) is 10.7. The fourth-order valence-electron chi connectivity index (χ4n) is 1.79. The number of halogens is 7. The van der Waals surface area contributed by atoms with Gasteiger partial charge in [0.2, 0.25) is 0 Å². The van der Waals surface area contributed by atoms with Gasteiger partial charge in [0, 0.05) is 5.69 Å². The predicted octanol–water partition coefficient (Wildman–Crippen LogP) is 5.61. The maximum Gasteiger partial charge on any atom is 0.418 e. The Kier molecular flexibility index (Phi) is 4.04. The molecule has 22 heavy (non-hydrogen) atoms. The first-order valence-corrected chi connectivity index (χ1v) is 5.88. The van der Waals surface area contributed by atoms with Crippen molar-refractivity contribution in [3.63, 3.8) is 0 Å². The molecule has 0 aromatic heterocycles. The van der Waals surface area contributed by atoms with E-state index < -0.39 is 35.0 Å². The molecular weight excluding hydrogens is 315 g/mol. The summed E-state index contributed by atoms with van der Waals surface area (Å²) < 4.78 is 89.5. The number of benzene rings is 2. The van der Waals surface area contributed by atoms with E-state index >= 15 is 0 Å². The average molecular weight is 323 g/mol. The normalized spacial score (nSPS) is 12.3. The highest BCUT2D eigenvalue weighted by Crippen LogP contribution is 2.39. The predicted molar refractivity (Wildman–Crippen MR) is 66.1 cm³/mol. The van der Waals surface area contributed by atoms with Crippen molar-refractivity contribution in [1.82, 2.24) is 0 Å². The number of hydrogen-bond donors (Lipinski definition) is 1. The van der Waals surface area contributed by atoms with Crippen LogP contribution in [0.3, 0.4) is 0 Å². The zero-order chi connectivity index (χ0) is 16.5. The van der Waals surface area contributed by atoms with E-state index in [1.54, 1.807) is 0 Å². The lowest BCUT2D eigenvalue weighted by Crippen LogP contribution is -2.12. The van der Waals surface area contributed by atoms with Crippen LogP contribution < -0.4 is 5.32 Å². The summed E-state index contributed by atoms with van der Waals surface area (Å²) in [7, 11) is 0. The lowest BCUT2D eigenvalue weighted by Gasteiger charge is -2.17. The van der Waals surface area contributed by atoms with Crippen LogP contribution in [-0.2, 0) is 12.4 Å². The minimum absolute atomic E-state index is 0.0928. The van der Waals surface area contributed by atoms with Crippen molar-refractivity contribution in [2.75, 3.05) is 5.32 Å². The highest BCUT2D eigenvalue weighted by molar-refractivity contribution is 5.65. The van der Waals surface area contributed by atoms with Crippen molar-refractivity contribution in [2.24, 2.45) is 0 Å². The number of nitrogens with one attached hydrogen (secondary N) is 1. The molecule has 1 nitrogen and oxygen atoms in total. The monoisotopic (exact) mass is 323 g/mol. The minimum atomic E-state index is -4.85. The third-order valence-corrected chi connectivity index (χ3v) is 2.76. The first kappa shape index (κ1) is 16.1. The van der Waals surface area contributed by atoms with Gasteiger partial charge in [0.15, 0.2) is 0 Å². The zero-order valence-electron chi connectivity index (χ0n) is 10.7. The van der Waals surface area contributed by atoms with Crippen molar-refractivity contribution >= 4 is 11.4 Å². The van der Waals surface area contributed by atoms with E-state index in [2.05, 4.69) is 5.32 Å². The van der Waals surface area contributed by atoms with E-state index in [9.17, 15) is 30.7 Å². The first-order chi connectivity index (χ1) is 10.1. The van der Waals surface area contributed by atoms with Crippen molar-refractivity contribution in [3.8, 4) is 0 Å². The molecule has 0 saturated heterocycles. The lowest BCUT2D eigenvalue weighted by molar-refractivity contribution is -0.140. The Morgan fingerprint density at radius 3 is 2.00 bits per heavy atom. The van der Waals surface area contributed by atoms with Crippen LogP contribution in [0, 0.1) is 5.82 Å². The fourth-order valence-corrected chi connectivity index (χ4v) is 1.79. The summed E-state index contributed by atoms with van der Waals surface area (Å²) in [6, 6.07) is 5.42. The van der Waals surface area contributed by atoms with Crippen LogP contribution in [0.25, 0.3) is 0 Å². The SMILES string of the molecule is Fc1cccc(Nc2cc(C(F)(F)F)ccc2C(F)(F)F)c1. The fraction of sp³-hybridized carbons (Fsp3) is 0.143. The largest absolute Gasteiger partial charge is 0.418 e. The van der Waals surface area contributed by atoms with Gasteiger partial charge >= 0.3 is 12.4 Å². The molecule has 0 heterocycles. The van der Waals surface area contributed by atoms with E-state index in [0.717, 1.165) is 12.1 Å². The van der Waals surface area contributed by atoms with Crippen LogP contribution in [0.1, 0.15) is 11.1 Å². The molecule has 0 aliphatic heterocycles. The Morgan fingerprint density at radius 2 is 1.45 bits per heavy atom. The van der Waals surface area contributed by atoms with Crippen LogP contribution in [0.15, 0.2) is 42.5 Å². The molecule has 0 unspecified atom stereocenters. The highest BCUT2D eigenvalue weighted by Gasteiger charge is 2.37. The summed E-state index contributed by atoms with van der Waals surface area (Å²) in [5, 5.41) is 2.17. The number of rotatable bonds is 2. The van der Waals surface area contributed by atoms with Crippen molar-refractivity contribution < 1.29 is 30.7 Å². The van der Waals surface area contributed by atoms with Crippen molar-refractivity contribution in [1.29, 1.82) is 0 Å². The van der Waals surface area contributed by atoms with Crippen LogP contribution in [0.2, 0.25) is 0 Å². The molecule has 118 valence electrons. The van der Waals surface area contributed by atoms with Gasteiger partial charge in [-0.15, -0.1) is 0 Å². The molecule has 0 saturated carbocycles. The van der Waals surface area contributed by atoms with E-state index in [-0.39, 0.29) is 5.69 Å². The molecule has 0 amide bonds. The Balaban J connectivity index is 2.50. The summed E-state index contributed by atoms with van der Waals surface area (Å²) in [6.45, 7) is 0. The lowest BCUT2D eigenvalue weighted by atomic mass is 10.1. The Labute approximate surface area is 120 Å². The summed E-state index contributed by atoms with van der Waals surface area (Å²) in [6.07, 6.45) is -9.64. The molecule has 0 aliphatic rings. The third kappa shape index (κ3) is 3.69. The van der Waals surface area contributed by atoms with E-state index in [1.807, 2.05) is 0 Å². The van der Waals surface area contributed by atoms with Crippen LogP contribution in [0.4, 0.5) is 42.1 Å². The smallest absolute Gasteiger partial charge is 0.355 e. The van der Waals surface area contributed by atoms with Crippen LogP contribution >= 0.6 is 0 Å². The molecule has 0 aliphatic carbocycles. The van der Waals surface area contributed by atoms with Crippen LogP contribution in [-0.4, -0.2) is 0 Å². The highest BCUT2D eigenvalue weighted by atomic mass is 19.4. The molecule has 8 heteroatoms.